The summed E-state index contributed by atoms with van der Waals surface area (Å²) in [7, 11) is 2.82. The minimum Gasteiger partial charge on any atom is -0.467 e. The summed E-state index contributed by atoms with van der Waals surface area (Å²) >= 11 is 2.09. The lowest BCUT2D eigenvalue weighted by Gasteiger charge is -2.22. The highest BCUT2D eigenvalue weighted by molar-refractivity contribution is 14.1. The van der Waals surface area contributed by atoms with Crippen LogP contribution in [0, 0.1) is 3.57 Å². The first-order chi connectivity index (χ1) is 9.82. The van der Waals surface area contributed by atoms with Gasteiger partial charge in [-0.1, -0.05) is 6.07 Å². The molecule has 0 N–H and O–H groups in total. The van der Waals surface area contributed by atoms with E-state index >= 15 is 0 Å². The van der Waals surface area contributed by atoms with Gasteiger partial charge < -0.3 is 9.64 Å². The number of anilines is 2. The van der Waals surface area contributed by atoms with Gasteiger partial charge in [0.05, 0.1) is 7.11 Å². The lowest BCUT2D eigenvalue weighted by Crippen LogP contribution is -2.19. The Labute approximate surface area is 133 Å². The quantitative estimate of drug-likeness (QED) is 0.722. The lowest BCUT2D eigenvalue weighted by molar-refractivity contribution is -0.137. The molecule has 1 aromatic heterocycles. The maximum Gasteiger partial charge on any atom is 0.421 e. The normalized spacial score (nSPS) is 11.3. The molecule has 0 bridgehead atoms. The Morgan fingerprint density at radius 1 is 1.29 bits per heavy atom. The van der Waals surface area contributed by atoms with Gasteiger partial charge in [0.1, 0.15) is 5.56 Å². The molecule has 0 saturated heterocycles. The molecule has 0 aliphatic carbocycles. The number of alkyl halides is 3. The number of aromatic nitrogens is 2. The van der Waals surface area contributed by atoms with Gasteiger partial charge in [0.25, 0.3) is 0 Å². The topological polar surface area (TPSA) is 38.2 Å². The molecular formula is C13H11F3IN3O. The number of hydrogen-bond donors (Lipinski definition) is 0. The Balaban J connectivity index is 2.55. The van der Waals surface area contributed by atoms with Gasteiger partial charge in [0, 0.05) is 22.5 Å². The van der Waals surface area contributed by atoms with Crippen LogP contribution in [0.15, 0.2) is 30.5 Å². The van der Waals surface area contributed by atoms with Crippen LogP contribution in [0.3, 0.4) is 0 Å². The molecule has 0 aliphatic rings. The average molecular weight is 409 g/mol. The minimum absolute atomic E-state index is 0.115. The molecule has 0 aliphatic heterocycles. The average Bonchev–Trinajstić information content (AvgIpc) is 2.44. The van der Waals surface area contributed by atoms with Gasteiger partial charge in [-0.05, 0) is 40.8 Å². The zero-order chi connectivity index (χ0) is 15.6. The van der Waals surface area contributed by atoms with Crippen molar-refractivity contribution in [2.75, 3.05) is 19.1 Å². The third-order valence-corrected chi connectivity index (χ3v) is 3.42. The van der Waals surface area contributed by atoms with Crippen LogP contribution >= 0.6 is 22.6 Å². The second-order valence-electron chi connectivity index (χ2n) is 4.13. The van der Waals surface area contributed by atoms with Crippen molar-refractivity contribution >= 4 is 34.1 Å². The van der Waals surface area contributed by atoms with Crippen molar-refractivity contribution in [1.29, 1.82) is 0 Å². The summed E-state index contributed by atoms with van der Waals surface area (Å²) < 4.78 is 45.0. The van der Waals surface area contributed by atoms with Crippen LogP contribution < -0.4 is 9.64 Å². The first-order valence-corrected chi connectivity index (χ1v) is 6.88. The van der Waals surface area contributed by atoms with Crippen LogP contribution in [0.2, 0.25) is 0 Å². The fourth-order valence-corrected chi connectivity index (χ4v) is 2.24. The molecule has 4 nitrogen and oxygen atoms in total. The van der Waals surface area contributed by atoms with E-state index in [-0.39, 0.29) is 11.8 Å². The van der Waals surface area contributed by atoms with Gasteiger partial charge >= 0.3 is 12.2 Å². The highest BCUT2D eigenvalue weighted by Gasteiger charge is 2.36. The zero-order valence-corrected chi connectivity index (χ0v) is 13.3. The fraction of sp³-hybridized carbons (Fsp3) is 0.231. The van der Waals surface area contributed by atoms with E-state index in [2.05, 4.69) is 32.6 Å². The molecular weight excluding hydrogens is 398 g/mol. The van der Waals surface area contributed by atoms with E-state index in [4.69, 9.17) is 4.74 Å². The Hall–Kier alpha value is -1.58. The molecule has 2 aromatic rings. The van der Waals surface area contributed by atoms with Gasteiger partial charge in [-0.3, -0.25) is 0 Å². The Bertz CT molecular complexity index is 649. The summed E-state index contributed by atoms with van der Waals surface area (Å²) in [6.45, 7) is 0. The second-order valence-corrected chi connectivity index (χ2v) is 5.38. The Morgan fingerprint density at radius 2 is 2.00 bits per heavy atom. The van der Waals surface area contributed by atoms with Crippen molar-refractivity contribution in [2.24, 2.45) is 0 Å². The van der Waals surface area contributed by atoms with E-state index in [9.17, 15) is 13.2 Å². The number of hydrogen-bond acceptors (Lipinski definition) is 4. The molecule has 2 rings (SSSR count). The third kappa shape index (κ3) is 3.55. The third-order valence-electron chi connectivity index (χ3n) is 2.75. The number of nitrogens with zero attached hydrogens (tertiary/aromatic N) is 3. The van der Waals surface area contributed by atoms with E-state index in [1.54, 1.807) is 18.2 Å². The maximum atomic E-state index is 13.1. The van der Waals surface area contributed by atoms with Gasteiger partial charge in [0.2, 0.25) is 0 Å². The molecule has 21 heavy (non-hydrogen) atoms. The van der Waals surface area contributed by atoms with Crippen molar-refractivity contribution in [2.45, 2.75) is 6.18 Å². The Kier molecular flexibility index (Phi) is 4.55. The van der Waals surface area contributed by atoms with Crippen LogP contribution in [-0.2, 0) is 6.18 Å². The molecule has 0 unspecified atom stereocenters. The number of halogens is 4. The predicted octanol–water partition coefficient (Wildman–Crippen LogP) is 3.88. The number of benzene rings is 1. The molecule has 0 atom stereocenters. The van der Waals surface area contributed by atoms with Crippen LogP contribution in [0.1, 0.15) is 5.56 Å². The van der Waals surface area contributed by atoms with Crippen molar-refractivity contribution in [1.82, 2.24) is 9.97 Å². The highest BCUT2D eigenvalue weighted by Crippen LogP contribution is 2.37. The molecule has 1 aromatic carbocycles. The molecule has 0 saturated carbocycles. The fourth-order valence-electron chi connectivity index (χ4n) is 1.72. The molecule has 1 heterocycles. The van der Waals surface area contributed by atoms with Gasteiger partial charge in [-0.15, -0.1) is 0 Å². The molecule has 112 valence electrons. The van der Waals surface area contributed by atoms with E-state index < -0.39 is 11.7 Å². The first kappa shape index (κ1) is 15.8. The Morgan fingerprint density at radius 3 is 2.57 bits per heavy atom. The van der Waals surface area contributed by atoms with E-state index in [1.165, 1.54) is 19.1 Å². The van der Waals surface area contributed by atoms with Crippen molar-refractivity contribution < 1.29 is 17.9 Å². The van der Waals surface area contributed by atoms with Crippen LogP contribution in [0.25, 0.3) is 0 Å². The van der Waals surface area contributed by atoms with Gasteiger partial charge in [0.15, 0.2) is 5.82 Å². The van der Waals surface area contributed by atoms with E-state index in [1.807, 2.05) is 6.07 Å². The van der Waals surface area contributed by atoms with E-state index in [0.717, 1.165) is 9.77 Å². The largest absolute Gasteiger partial charge is 0.467 e. The highest BCUT2D eigenvalue weighted by atomic mass is 127. The summed E-state index contributed by atoms with van der Waals surface area (Å²) in [5.74, 6) is -0.253. The SMILES string of the molecule is COc1ncc(C(F)(F)F)c(N(C)c2cccc(I)c2)n1. The van der Waals surface area contributed by atoms with E-state index in [0.29, 0.717) is 5.69 Å². The summed E-state index contributed by atoms with van der Waals surface area (Å²) in [5, 5.41) is 0. The zero-order valence-electron chi connectivity index (χ0n) is 11.1. The molecule has 0 radical (unpaired) electrons. The second kappa shape index (κ2) is 6.04. The number of ether oxygens (including phenoxy) is 1. The minimum atomic E-state index is -4.54. The summed E-state index contributed by atoms with van der Waals surface area (Å²) in [5.41, 5.74) is -0.321. The van der Waals surface area contributed by atoms with Crippen molar-refractivity contribution in [3.8, 4) is 6.01 Å². The van der Waals surface area contributed by atoms with Crippen molar-refractivity contribution in [3.63, 3.8) is 0 Å². The summed E-state index contributed by atoms with van der Waals surface area (Å²) in [4.78, 5) is 8.73. The monoisotopic (exact) mass is 409 g/mol. The van der Waals surface area contributed by atoms with Crippen molar-refractivity contribution in [3.05, 3.63) is 39.6 Å². The molecule has 0 amide bonds. The molecule has 8 heteroatoms. The summed E-state index contributed by atoms with van der Waals surface area (Å²) in [6.07, 6.45) is -3.82. The smallest absolute Gasteiger partial charge is 0.421 e. The van der Waals surface area contributed by atoms with Gasteiger partial charge in [-0.25, -0.2) is 4.98 Å². The standard InChI is InChI=1S/C13H11F3IN3O/c1-20(9-5-3-4-8(17)6-9)11-10(13(14,15)16)7-18-12(19-11)21-2/h3-7H,1-2H3. The predicted molar refractivity (Wildman–Crippen MR) is 80.8 cm³/mol. The van der Waals surface area contributed by atoms with Crippen LogP contribution in [0.5, 0.6) is 6.01 Å². The van der Waals surface area contributed by atoms with Crippen LogP contribution in [0.4, 0.5) is 24.7 Å². The van der Waals surface area contributed by atoms with Crippen LogP contribution in [-0.4, -0.2) is 24.1 Å². The maximum absolute atomic E-state index is 13.1. The number of methoxy groups -OCH3 is 1. The number of rotatable bonds is 3. The first-order valence-electron chi connectivity index (χ1n) is 5.80. The van der Waals surface area contributed by atoms with Gasteiger partial charge in [-0.2, -0.15) is 18.2 Å². The molecule has 0 spiro atoms. The molecule has 0 fully saturated rings. The summed E-state index contributed by atoms with van der Waals surface area (Å²) in [6, 6.07) is 6.96. The lowest BCUT2D eigenvalue weighted by atomic mass is 10.2.